The molecule has 0 atom stereocenters. The molecule has 0 saturated carbocycles. The molecule has 1 N–H and O–H groups in total. The first kappa shape index (κ1) is 20.7. The van der Waals surface area contributed by atoms with Gasteiger partial charge >= 0.3 is 0 Å². The largest absolute Gasteiger partial charge is 0.449 e. The number of rotatable bonds is 4. The summed E-state index contributed by atoms with van der Waals surface area (Å²) in [4.78, 5) is 32.3. The van der Waals surface area contributed by atoms with Gasteiger partial charge in [-0.3, -0.25) is 9.59 Å². The zero-order valence-electron chi connectivity index (χ0n) is 16.8. The van der Waals surface area contributed by atoms with E-state index >= 15 is 0 Å². The fourth-order valence-corrected chi connectivity index (χ4v) is 4.53. The molecule has 1 aliphatic heterocycles. The number of nitrogens with zero attached hydrogens (tertiary/aromatic N) is 2. The van der Waals surface area contributed by atoms with Crippen molar-refractivity contribution in [3.05, 3.63) is 70.4 Å². The maximum atomic E-state index is 13.1. The first-order valence-electron chi connectivity index (χ1n) is 10.0. The Morgan fingerprint density at radius 3 is 2.72 bits per heavy atom. The molecule has 7 nitrogen and oxygen atoms in total. The zero-order valence-corrected chi connectivity index (χ0v) is 18.4. The number of amides is 2. The van der Waals surface area contributed by atoms with Gasteiger partial charge in [-0.25, -0.2) is 4.98 Å². The lowest BCUT2D eigenvalue weighted by molar-refractivity contribution is 0.0285. The predicted molar refractivity (Wildman–Crippen MR) is 123 cm³/mol. The van der Waals surface area contributed by atoms with Crippen LogP contribution >= 0.6 is 22.9 Å². The average molecular weight is 468 g/mol. The zero-order chi connectivity index (χ0) is 22.1. The number of morpholine rings is 1. The Morgan fingerprint density at radius 2 is 1.91 bits per heavy atom. The maximum Gasteiger partial charge on any atom is 0.291 e. The van der Waals surface area contributed by atoms with Crippen LogP contribution in [0.15, 0.2) is 58.3 Å². The van der Waals surface area contributed by atoms with Gasteiger partial charge in [0.25, 0.3) is 11.8 Å². The summed E-state index contributed by atoms with van der Waals surface area (Å²) >= 11 is 7.41. The van der Waals surface area contributed by atoms with E-state index in [9.17, 15) is 9.59 Å². The molecule has 162 valence electrons. The van der Waals surface area contributed by atoms with Gasteiger partial charge < -0.3 is 19.4 Å². The van der Waals surface area contributed by atoms with Crippen molar-refractivity contribution in [1.29, 1.82) is 0 Å². The maximum absolute atomic E-state index is 13.1. The Hall–Kier alpha value is -3.20. The van der Waals surface area contributed by atoms with Gasteiger partial charge in [0.05, 0.1) is 13.2 Å². The number of thiazole rings is 1. The van der Waals surface area contributed by atoms with Crippen LogP contribution in [0.1, 0.15) is 21.0 Å². The molecule has 2 amide bonds. The first-order valence-corrected chi connectivity index (χ1v) is 11.3. The summed E-state index contributed by atoms with van der Waals surface area (Å²) in [5.74, 6) is -0.596. The fourth-order valence-electron chi connectivity index (χ4n) is 3.54. The quantitative estimate of drug-likeness (QED) is 0.459. The third kappa shape index (κ3) is 4.00. The topological polar surface area (TPSA) is 84.7 Å². The molecule has 0 bridgehead atoms. The van der Waals surface area contributed by atoms with Crippen molar-refractivity contribution in [2.24, 2.45) is 0 Å². The Kier molecular flexibility index (Phi) is 5.65. The van der Waals surface area contributed by atoms with Crippen molar-refractivity contribution in [2.45, 2.75) is 0 Å². The standard InChI is InChI=1S/C23H18ClN3O4S/c24-15-5-3-4-14(12-15)22-25-17(13-32-22)21(28)26-19-16-6-1-2-7-18(16)31-20(19)23(29)27-8-10-30-11-9-27/h1-7,12-13H,8-11H2,(H,26,28). The number of aromatic nitrogens is 1. The number of para-hydroxylation sites is 1. The van der Waals surface area contributed by atoms with Crippen molar-refractivity contribution < 1.29 is 18.7 Å². The lowest BCUT2D eigenvalue weighted by Gasteiger charge is -2.26. The number of benzene rings is 2. The van der Waals surface area contributed by atoms with Crippen LogP contribution in [-0.4, -0.2) is 48.0 Å². The summed E-state index contributed by atoms with van der Waals surface area (Å²) in [6.07, 6.45) is 0. The summed E-state index contributed by atoms with van der Waals surface area (Å²) in [7, 11) is 0. The van der Waals surface area contributed by atoms with E-state index in [4.69, 9.17) is 20.8 Å². The number of furan rings is 1. The highest BCUT2D eigenvalue weighted by Crippen LogP contribution is 2.33. The lowest BCUT2D eigenvalue weighted by Crippen LogP contribution is -2.40. The molecular weight excluding hydrogens is 450 g/mol. The number of carbonyl (C=O) groups excluding carboxylic acids is 2. The van der Waals surface area contributed by atoms with Gasteiger partial charge in [-0.2, -0.15) is 0 Å². The van der Waals surface area contributed by atoms with Crippen LogP contribution in [0, 0.1) is 0 Å². The van der Waals surface area contributed by atoms with Gasteiger partial charge in [0.2, 0.25) is 5.76 Å². The molecule has 1 fully saturated rings. The molecular formula is C23H18ClN3O4S. The molecule has 0 radical (unpaired) electrons. The first-order chi connectivity index (χ1) is 15.6. The molecule has 9 heteroatoms. The Bertz CT molecular complexity index is 1310. The number of halogens is 1. The monoisotopic (exact) mass is 467 g/mol. The Balaban J connectivity index is 1.46. The molecule has 1 aliphatic rings. The van der Waals surface area contributed by atoms with Gasteiger partial charge in [0, 0.05) is 34.4 Å². The summed E-state index contributed by atoms with van der Waals surface area (Å²) in [6, 6.07) is 14.5. The van der Waals surface area contributed by atoms with Gasteiger partial charge in [-0.15, -0.1) is 11.3 Å². The molecule has 32 heavy (non-hydrogen) atoms. The number of nitrogens with one attached hydrogen (secondary N) is 1. The number of hydrogen-bond acceptors (Lipinski definition) is 6. The molecule has 0 unspecified atom stereocenters. The Labute approximate surface area is 192 Å². The second-order valence-corrected chi connectivity index (χ2v) is 8.50. The molecule has 3 heterocycles. The number of ether oxygens (including phenoxy) is 1. The van der Waals surface area contributed by atoms with Gasteiger partial charge in [-0.1, -0.05) is 35.9 Å². The van der Waals surface area contributed by atoms with Crippen LogP contribution in [0.2, 0.25) is 5.02 Å². The van der Waals surface area contributed by atoms with Crippen molar-refractivity contribution in [3.8, 4) is 10.6 Å². The second kappa shape index (κ2) is 8.74. The molecule has 5 rings (SSSR count). The predicted octanol–water partition coefficient (Wildman–Crippen LogP) is 4.93. The highest BCUT2D eigenvalue weighted by atomic mass is 35.5. The van der Waals surface area contributed by atoms with Gasteiger partial charge in [0.1, 0.15) is 22.0 Å². The summed E-state index contributed by atoms with van der Waals surface area (Å²) in [5.41, 5.74) is 1.95. The average Bonchev–Trinajstić information content (AvgIpc) is 3.45. The van der Waals surface area contributed by atoms with Crippen molar-refractivity contribution in [1.82, 2.24) is 9.88 Å². The van der Waals surface area contributed by atoms with E-state index in [0.717, 1.165) is 5.56 Å². The van der Waals surface area contributed by atoms with Crippen molar-refractivity contribution in [2.75, 3.05) is 31.6 Å². The highest BCUT2D eigenvalue weighted by Gasteiger charge is 2.28. The van der Waals surface area contributed by atoms with E-state index < -0.39 is 5.91 Å². The summed E-state index contributed by atoms with van der Waals surface area (Å²) < 4.78 is 11.2. The highest BCUT2D eigenvalue weighted by molar-refractivity contribution is 7.13. The van der Waals surface area contributed by atoms with E-state index in [-0.39, 0.29) is 17.4 Å². The van der Waals surface area contributed by atoms with E-state index in [2.05, 4.69) is 10.3 Å². The molecule has 1 saturated heterocycles. The summed E-state index contributed by atoms with van der Waals surface area (Å²) in [6.45, 7) is 1.88. The SMILES string of the molecule is O=C(Nc1c(C(=O)N2CCOCC2)oc2ccccc12)c1csc(-c2cccc(Cl)c2)n1. The third-order valence-corrected chi connectivity index (χ3v) is 6.26. The fraction of sp³-hybridized carbons (Fsp3) is 0.174. The van der Waals surface area contributed by atoms with E-state index in [1.165, 1.54) is 11.3 Å². The number of carbonyl (C=O) groups is 2. The minimum atomic E-state index is -0.419. The van der Waals surface area contributed by atoms with Crippen LogP contribution in [0.3, 0.4) is 0 Å². The van der Waals surface area contributed by atoms with E-state index in [0.29, 0.717) is 53.0 Å². The lowest BCUT2D eigenvalue weighted by atomic mass is 10.2. The van der Waals surface area contributed by atoms with Crippen molar-refractivity contribution in [3.63, 3.8) is 0 Å². The molecule has 0 spiro atoms. The molecule has 2 aromatic heterocycles. The van der Waals surface area contributed by atoms with Gasteiger partial charge in [-0.05, 0) is 24.3 Å². The minimum absolute atomic E-state index is 0.103. The van der Waals surface area contributed by atoms with E-state index in [1.807, 2.05) is 30.3 Å². The molecule has 4 aromatic rings. The van der Waals surface area contributed by atoms with Crippen LogP contribution < -0.4 is 5.32 Å². The number of hydrogen-bond donors (Lipinski definition) is 1. The van der Waals surface area contributed by atoms with Crippen LogP contribution in [-0.2, 0) is 4.74 Å². The summed E-state index contributed by atoms with van der Waals surface area (Å²) in [5, 5.41) is 6.46. The second-order valence-electron chi connectivity index (χ2n) is 7.21. The minimum Gasteiger partial charge on any atom is -0.449 e. The van der Waals surface area contributed by atoms with E-state index in [1.54, 1.807) is 28.5 Å². The smallest absolute Gasteiger partial charge is 0.291 e. The van der Waals surface area contributed by atoms with Gasteiger partial charge in [0.15, 0.2) is 0 Å². The van der Waals surface area contributed by atoms with Crippen LogP contribution in [0.5, 0.6) is 0 Å². The number of anilines is 1. The van der Waals surface area contributed by atoms with Crippen molar-refractivity contribution >= 4 is 51.4 Å². The molecule has 2 aromatic carbocycles. The Morgan fingerprint density at radius 1 is 1.09 bits per heavy atom. The normalized spacial score (nSPS) is 14.0. The number of fused-ring (bicyclic) bond motifs is 1. The third-order valence-electron chi connectivity index (χ3n) is 5.13. The molecule has 0 aliphatic carbocycles. The van der Waals surface area contributed by atoms with Crippen LogP contribution in [0.25, 0.3) is 21.5 Å². The van der Waals surface area contributed by atoms with Crippen LogP contribution in [0.4, 0.5) is 5.69 Å².